The molecule has 6 heteroatoms. The second kappa shape index (κ2) is 2.73. The highest BCUT2D eigenvalue weighted by Crippen LogP contribution is 2.25. The van der Waals surface area contributed by atoms with E-state index in [1.807, 2.05) is 0 Å². The van der Waals surface area contributed by atoms with Gasteiger partial charge < -0.3 is 0 Å². The summed E-state index contributed by atoms with van der Waals surface area (Å²) in [4.78, 5) is 3.24. The number of aliphatic imine (C=N–C) groups is 1. The third-order valence-electron chi connectivity index (χ3n) is 0.944. The molecule has 1 aliphatic rings. The lowest BCUT2D eigenvalue weighted by Gasteiger charge is -2.22. The first-order chi connectivity index (χ1) is 5.00. The maximum atomic E-state index is 11.8. The Morgan fingerprint density at radius 2 is 2.09 bits per heavy atom. The Balaban J connectivity index is 2.71. The van der Waals surface area contributed by atoms with E-state index in [4.69, 9.17) is 11.6 Å². The average molecular weight is 184 g/mol. The topological polar surface area (TPSA) is 15.6 Å². The van der Waals surface area contributed by atoms with Crippen LogP contribution in [0.1, 0.15) is 0 Å². The minimum absolute atomic E-state index is 0.0185. The summed E-state index contributed by atoms with van der Waals surface area (Å²) in [5.74, 6) is 0. The maximum Gasteiger partial charge on any atom is 0.486 e. The molecule has 1 aliphatic heterocycles. The molecule has 0 amide bonds. The summed E-state index contributed by atoms with van der Waals surface area (Å²) in [5.41, 5.74) is 0. The molecule has 0 aromatic heterocycles. The summed E-state index contributed by atoms with van der Waals surface area (Å²) in [5, 5.41) is -0.0511. The Morgan fingerprint density at radius 1 is 1.45 bits per heavy atom. The first-order valence-electron chi connectivity index (χ1n) is 2.59. The van der Waals surface area contributed by atoms with Gasteiger partial charge in [0.05, 0.1) is 5.03 Å². The van der Waals surface area contributed by atoms with Crippen LogP contribution in [0.2, 0.25) is 0 Å². The minimum atomic E-state index is -4.45. The van der Waals surface area contributed by atoms with Gasteiger partial charge in [-0.05, 0) is 0 Å². The van der Waals surface area contributed by atoms with Gasteiger partial charge in [-0.3, -0.25) is 9.89 Å². The normalized spacial score (nSPS) is 18.5. The fraction of sp³-hybridized carbons (Fsp3) is 0.200. The molecule has 0 aromatic rings. The number of alkyl halides is 3. The summed E-state index contributed by atoms with van der Waals surface area (Å²) >= 11 is 5.27. The first-order valence-corrected chi connectivity index (χ1v) is 2.97. The highest BCUT2D eigenvalue weighted by molar-refractivity contribution is 6.39. The van der Waals surface area contributed by atoms with E-state index in [0.717, 1.165) is 12.4 Å². The molecule has 0 saturated carbocycles. The number of rotatable bonds is 0. The third-order valence-corrected chi connectivity index (χ3v) is 1.14. The summed E-state index contributed by atoms with van der Waals surface area (Å²) in [7, 11) is 0. The lowest BCUT2D eigenvalue weighted by atomic mass is 10.5. The van der Waals surface area contributed by atoms with Crippen LogP contribution in [-0.2, 0) is 0 Å². The van der Waals surface area contributed by atoms with E-state index in [9.17, 15) is 13.2 Å². The van der Waals surface area contributed by atoms with Crippen molar-refractivity contribution >= 4 is 17.8 Å². The fourth-order valence-corrected chi connectivity index (χ4v) is 0.676. The molecule has 1 radical (unpaired) electrons. The van der Waals surface area contributed by atoms with Crippen molar-refractivity contribution in [3.8, 4) is 0 Å². The van der Waals surface area contributed by atoms with Gasteiger partial charge >= 0.3 is 6.30 Å². The molecular formula is C5H3ClF3N2. The Kier molecular flexibility index (Phi) is 2.08. The van der Waals surface area contributed by atoms with Gasteiger partial charge in [-0.1, -0.05) is 11.6 Å². The molecule has 11 heavy (non-hydrogen) atoms. The Bertz CT molecular complexity index is 208. The van der Waals surface area contributed by atoms with Crippen molar-refractivity contribution in [2.75, 3.05) is 0 Å². The molecule has 0 saturated heterocycles. The van der Waals surface area contributed by atoms with Crippen molar-refractivity contribution in [1.29, 1.82) is 0 Å². The van der Waals surface area contributed by atoms with Crippen LogP contribution >= 0.6 is 11.6 Å². The molecule has 2 nitrogen and oxygen atoms in total. The van der Waals surface area contributed by atoms with Crippen molar-refractivity contribution in [3.63, 3.8) is 0 Å². The molecule has 0 spiro atoms. The average Bonchev–Trinajstić information content (AvgIpc) is 1.86. The van der Waals surface area contributed by atoms with E-state index in [2.05, 4.69) is 4.99 Å². The molecular weight excluding hydrogens is 181 g/mol. The molecule has 0 aromatic carbocycles. The fourth-order valence-electron chi connectivity index (χ4n) is 0.515. The summed E-state index contributed by atoms with van der Waals surface area (Å²) in [6, 6.07) is 0. The van der Waals surface area contributed by atoms with Crippen molar-refractivity contribution in [1.82, 2.24) is 4.90 Å². The quantitative estimate of drug-likeness (QED) is 0.525. The SMILES string of the molecule is FC(F)(F)N1[CH]N=CC(Cl)=C1. The highest BCUT2D eigenvalue weighted by atomic mass is 35.5. The number of hydrogen-bond acceptors (Lipinski definition) is 2. The number of allylic oxidation sites excluding steroid dienone is 1. The van der Waals surface area contributed by atoms with E-state index in [0.29, 0.717) is 6.67 Å². The molecule has 0 fully saturated rings. The zero-order valence-electron chi connectivity index (χ0n) is 5.14. The Labute approximate surface area is 66.0 Å². The van der Waals surface area contributed by atoms with Gasteiger partial charge in [-0.15, -0.1) is 0 Å². The van der Waals surface area contributed by atoms with Crippen molar-refractivity contribution in [2.45, 2.75) is 6.30 Å². The van der Waals surface area contributed by atoms with Crippen molar-refractivity contribution < 1.29 is 13.2 Å². The van der Waals surface area contributed by atoms with Gasteiger partial charge in [0.1, 0.15) is 0 Å². The zero-order valence-corrected chi connectivity index (χ0v) is 5.89. The molecule has 1 rings (SSSR count). The highest BCUT2D eigenvalue weighted by Gasteiger charge is 2.36. The van der Waals surface area contributed by atoms with Crippen LogP contribution in [0.4, 0.5) is 13.2 Å². The van der Waals surface area contributed by atoms with E-state index in [1.54, 1.807) is 0 Å². The predicted octanol–water partition coefficient (Wildman–Crippen LogP) is 2.09. The Morgan fingerprint density at radius 3 is 2.45 bits per heavy atom. The second-order valence-corrected chi connectivity index (χ2v) is 2.22. The predicted molar refractivity (Wildman–Crippen MR) is 34.6 cm³/mol. The first kappa shape index (κ1) is 8.39. The Hall–Kier alpha value is -0.710. The molecule has 61 valence electrons. The van der Waals surface area contributed by atoms with E-state index >= 15 is 0 Å². The van der Waals surface area contributed by atoms with Crippen LogP contribution in [-0.4, -0.2) is 17.4 Å². The summed E-state index contributed by atoms with van der Waals surface area (Å²) in [6.07, 6.45) is -2.57. The van der Waals surface area contributed by atoms with E-state index in [1.165, 1.54) is 0 Å². The molecule has 0 unspecified atom stereocenters. The van der Waals surface area contributed by atoms with Gasteiger partial charge in [0.25, 0.3) is 0 Å². The maximum absolute atomic E-state index is 11.8. The largest absolute Gasteiger partial charge is 0.486 e. The monoisotopic (exact) mass is 183 g/mol. The summed E-state index contributed by atoms with van der Waals surface area (Å²) < 4.78 is 35.5. The van der Waals surface area contributed by atoms with Gasteiger partial charge in [-0.2, -0.15) is 13.2 Å². The molecule has 0 aliphatic carbocycles. The standard InChI is InChI=1S/C5H3ClF3N2/c6-4-1-10-3-11(2-4)5(7,8)9/h1-3H. The van der Waals surface area contributed by atoms with E-state index < -0.39 is 6.30 Å². The zero-order chi connectivity index (χ0) is 8.48. The third kappa shape index (κ3) is 2.11. The van der Waals surface area contributed by atoms with Crippen molar-refractivity contribution in [3.05, 3.63) is 17.9 Å². The van der Waals surface area contributed by atoms with Crippen LogP contribution in [0, 0.1) is 6.67 Å². The van der Waals surface area contributed by atoms with Crippen molar-refractivity contribution in [2.24, 2.45) is 4.99 Å². The van der Waals surface area contributed by atoms with Gasteiger partial charge in [0, 0.05) is 12.4 Å². The molecule has 1 heterocycles. The van der Waals surface area contributed by atoms with Gasteiger partial charge in [0.2, 0.25) is 0 Å². The van der Waals surface area contributed by atoms with Crippen LogP contribution < -0.4 is 0 Å². The number of hydrogen-bond donors (Lipinski definition) is 0. The lowest BCUT2D eigenvalue weighted by Crippen LogP contribution is -2.32. The minimum Gasteiger partial charge on any atom is -0.263 e. The smallest absolute Gasteiger partial charge is 0.263 e. The second-order valence-electron chi connectivity index (χ2n) is 1.78. The lowest BCUT2D eigenvalue weighted by molar-refractivity contribution is -0.217. The van der Waals surface area contributed by atoms with Gasteiger partial charge in [-0.25, -0.2) is 0 Å². The number of halogens is 4. The molecule has 0 N–H and O–H groups in total. The van der Waals surface area contributed by atoms with Crippen LogP contribution in [0.15, 0.2) is 16.2 Å². The van der Waals surface area contributed by atoms with Gasteiger partial charge in [0.15, 0.2) is 6.67 Å². The van der Waals surface area contributed by atoms with Crippen LogP contribution in [0.5, 0.6) is 0 Å². The van der Waals surface area contributed by atoms with Crippen LogP contribution in [0.3, 0.4) is 0 Å². The number of nitrogens with zero attached hydrogens (tertiary/aromatic N) is 2. The molecule has 0 bridgehead atoms. The van der Waals surface area contributed by atoms with Crippen LogP contribution in [0.25, 0.3) is 0 Å². The molecule has 0 atom stereocenters. The summed E-state index contributed by atoms with van der Waals surface area (Å²) in [6.45, 7) is 0.645. The van der Waals surface area contributed by atoms with E-state index in [-0.39, 0.29) is 9.93 Å².